The fourth-order valence-corrected chi connectivity index (χ4v) is 1.65. The van der Waals surface area contributed by atoms with Crippen LogP contribution in [0.5, 0.6) is 0 Å². The third-order valence-electron chi connectivity index (χ3n) is 2.96. The molecular formula is C12H19NO. The Kier molecular flexibility index (Phi) is 2.80. The van der Waals surface area contributed by atoms with Crippen molar-refractivity contribution in [3.63, 3.8) is 0 Å². The molecule has 1 atom stereocenters. The van der Waals surface area contributed by atoms with E-state index >= 15 is 0 Å². The second-order valence-corrected chi connectivity index (χ2v) is 4.51. The molecule has 1 fully saturated rings. The zero-order valence-electron chi connectivity index (χ0n) is 8.99. The van der Waals surface area contributed by atoms with E-state index < -0.39 is 0 Å². The molecule has 0 aromatic rings. The van der Waals surface area contributed by atoms with Gasteiger partial charge < -0.3 is 10.1 Å². The van der Waals surface area contributed by atoms with Crippen LogP contribution in [0.3, 0.4) is 0 Å². The number of hydrogen-bond donors (Lipinski definition) is 1. The van der Waals surface area contributed by atoms with E-state index in [1.165, 1.54) is 19.3 Å². The first-order valence-electron chi connectivity index (χ1n) is 5.57. The molecule has 2 aliphatic rings. The fraction of sp³-hybridized carbons (Fsp3) is 0.667. The standard InChI is InChI=1S/C12H19NO/c1-9(2)12-7-6-11(8-13-12)14-10-4-3-5-10/h6-10,12-13H,3-5H2,1-2H3. The van der Waals surface area contributed by atoms with Crippen LogP contribution >= 0.6 is 0 Å². The van der Waals surface area contributed by atoms with Crippen LogP contribution < -0.4 is 5.32 Å². The Morgan fingerprint density at radius 1 is 1.43 bits per heavy atom. The lowest BCUT2D eigenvalue weighted by Crippen LogP contribution is -2.31. The Labute approximate surface area is 86.0 Å². The van der Waals surface area contributed by atoms with Crippen LogP contribution in [0, 0.1) is 5.92 Å². The van der Waals surface area contributed by atoms with Crippen molar-refractivity contribution in [2.75, 3.05) is 0 Å². The van der Waals surface area contributed by atoms with Gasteiger partial charge in [0, 0.05) is 12.2 Å². The number of allylic oxidation sites excluding steroid dienone is 1. The first kappa shape index (κ1) is 9.63. The molecule has 2 rings (SSSR count). The van der Waals surface area contributed by atoms with Crippen molar-refractivity contribution in [3.05, 3.63) is 24.1 Å². The predicted molar refractivity (Wildman–Crippen MR) is 57.7 cm³/mol. The van der Waals surface area contributed by atoms with E-state index in [0.29, 0.717) is 18.1 Å². The van der Waals surface area contributed by atoms with Crippen molar-refractivity contribution < 1.29 is 4.74 Å². The van der Waals surface area contributed by atoms with Gasteiger partial charge in [0.1, 0.15) is 5.76 Å². The van der Waals surface area contributed by atoms with Crippen molar-refractivity contribution in [2.24, 2.45) is 5.92 Å². The van der Waals surface area contributed by atoms with Gasteiger partial charge in [0.2, 0.25) is 0 Å². The first-order valence-corrected chi connectivity index (χ1v) is 5.57. The highest BCUT2D eigenvalue weighted by atomic mass is 16.5. The molecule has 0 aromatic heterocycles. The van der Waals surface area contributed by atoms with Crippen molar-refractivity contribution in [3.8, 4) is 0 Å². The molecular weight excluding hydrogens is 174 g/mol. The Morgan fingerprint density at radius 2 is 2.21 bits per heavy atom. The average Bonchev–Trinajstić information content (AvgIpc) is 2.12. The second-order valence-electron chi connectivity index (χ2n) is 4.51. The van der Waals surface area contributed by atoms with Gasteiger partial charge in [-0.15, -0.1) is 0 Å². The van der Waals surface area contributed by atoms with Crippen molar-refractivity contribution >= 4 is 0 Å². The summed E-state index contributed by atoms with van der Waals surface area (Å²) in [5, 5.41) is 3.35. The molecule has 2 nitrogen and oxygen atoms in total. The normalized spacial score (nSPS) is 26.8. The van der Waals surface area contributed by atoms with Crippen molar-refractivity contribution in [1.82, 2.24) is 5.32 Å². The van der Waals surface area contributed by atoms with E-state index in [1.807, 2.05) is 6.20 Å². The topological polar surface area (TPSA) is 21.3 Å². The quantitative estimate of drug-likeness (QED) is 0.744. The summed E-state index contributed by atoms with van der Waals surface area (Å²) in [6, 6.07) is 0.462. The van der Waals surface area contributed by atoms with Crippen molar-refractivity contribution in [2.45, 2.75) is 45.3 Å². The summed E-state index contributed by atoms with van der Waals surface area (Å²) in [5.74, 6) is 1.62. The Bertz CT molecular complexity index is 251. The molecule has 0 bridgehead atoms. The Morgan fingerprint density at radius 3 is 2.64 bits per heavy atom. The molecule has 14 heavy (non-hydrogen) atoms. The summed E-state index contributed by atoms with van der Waals surface area (Å²) in [6.45, 7) is 4.43. The highest BCUT2D eigenvalue weighted by Crippen LogP contribution is 2.25. The van der Waals surface area contributed by atoms with Crippen molar-refractivity contribution in [1.29, 1.82) is 0 Å². The molecule has 1 unspecified atom stereocenters. The SMILES string of the molecule is CC(C)C1C=CC(OC2CCC2)=CN1. The lowest BCUT2D eigenvalue weighted by Gasteiger charge is -2.29. The Hall–Kier alpha value is -0.920. The fourth-order valence-electron chi connectivity index (χ4n) is 1.65. The lowest BCUT2D eigenvalue weighted by atomic mass is 9.96. The van der Waals surface area contributed by atoms with Crippen LogP contribution in [0.25, 0.3) is 0 Å². The van der Waals surface area contributed by atoms with Crippen LogP contribution in [0.4, 0.5) is 0 Å². The maximum atomic E-state index is 5.77. The Balaban J connectivity index is 1.82. The monoisotopic (exact) mass is 193 g/mol. The third kappa shape index (κ3) is 2.11. The van der Waals surface area contributed by atoms with E-state index in [0.717, 1.165) is 5.76 Å². The smallest absolute Gasteiger partial charge is 0.135 e. The molecule has 0 amide bonds. The molecule has 0 spiro atoms. The number of ether oxygens (including phenoxy) is 1. The van der Waals surface area contributed by atoms with Gasteiger partial charge in [0.15, 0.2) is 0 Å². The second kappa shape index (κ2) is 4.07. The summed E-state index contributed by atoms with van der Waals surface area (Å²) < 4.78 is 5.77. The number of nitrogens with one attached hydrogen (secondary N) is 1. The van der Waals surface area contributed by atoms with E-state index in [9.17, 15) is 0 Å². The summed E-state index contributed by atoms with van der Waals surface area (Å²) in [4.78, 5) is 0. The third-order valence-corrected chi connectivity index (χ3v) is 2.96. The minimum atomic E-state index is 0.462. The summed E-state index contributed by atoms with van der Waals surface area (Å²) in [5.41, 5.74) is 0. The van der Waals surface area contributed by atoms with E-state index in [-0.39, 0.29) is 0 Å². The molecule has 1 heterocycles. The van der Waals surface area contributed by atoms with Gasteiger partial charge in [-0.2, -0.15) is 0 Å². The highest BCUT2D eigenvalue weighted by molar-refractivity contribution is 5.19. The molecule has 0 aromatic carbocycles. The molecule has 1 saturated carbocycles. The van der Waals surface area contributed by atoms with Gasteiger partial charge in [0.25, 0.3) is 0 Å². The van der Waals surface area contributed by atoms with Crippen LogP contribution in [0.15, 0.2) is 24.1 Å². The molecule has 2 heteroatoms. The maximum absolute atomic E-state index is 5.77. The van der Waals surface area contributed by atoms with E-state index in [2.05, 4.69) is 31.3 Å². The zero-order valence-corrected chi connectivity index (χ0v) is 8.99. The van der Waals surface area contributed by atoms with Crippen LogP contribution in [0.2, 0.25) is 0 Å². The molecule has 1 N–H and O–H groups in total. The van der Waals surface area contributed by atoms with Crippen LogP contribution in [-0.2, 0) is 4.74 Å². The molecule has 0 saturated heterocycles. The molecule has 78 valence electrons. The van der Waals surface area contributed by atoms with Crippen LogP contribution in [0.1, 0.15) is 33.1 Å². The average molecular weight is 193 g/mol. The number of dihydropyridines is 1. The number of hydrogen-bond acceptors (Lipinski definition) is 2. The predicted octanol–water partition coefficient (Wildman–Crippen LogP) is 2.58. The summed E-state index contributed by atoms with van der Waals surface area (Å²) >= 11 is 0. The van der Waals surface area contributed by atoms with Gasteiger partial charge in [0.05, 0.1) is 6.10 Å². The van der Waals surface area contributed by atoms with Gasteiger partial charge >= 0.3 is 0 Å². The zero-order chi connectivity index (χ0) is 9.97. The van der Waals surface area contributed by atoms with E-state index in [4.69, 9.17) is 4.74 Å². The minimum absolute atomic E-state index is 0.462. The number of rotatable bonds is 3. The minimum Gasteiger partial charge on any atom is -0.489 e. The van der Waals surface area contributed by atoms with Gasteiger partial charge in [-0.1, -0.05) is 19.9 Å². The van der Waals surface area contributed by atoms with Gasteiger partial charge in [-0.25, -0.2) is 0 Å². The van der Waals surface area contributed by atoms with E-state index in [1.54, 1.807) is 0 Å². The summed E-state index contributed by atoms with van der Waals surface area (Å²) in [7, 11) is 0. The largest absolute Gasteiger partial charge is 0.489 e. The van der Waals surface area contributed by atoms with Crippen LogP contribution in [-0.4, -0.2) is 12.1 Å². The lowest BCUT2D eigenvalue weighted by molar-refractivity contribution is 0.0574. The first-order chi connectivity index (χ1) is 6.75. The molecule has 1 aliphatic heterocycles. The maximum Gasteiger partial charge on any atom is 0.135 e. The van der Waals surface area contributed by atoms with Gasteiger partial charge in [-0.05, 0) is 31.3 Å². The van der Waals surface area contributed by atoms with Gasteiger partial charge in [-0.3, -0.25) is 0 Å². The molecule has 1 aliphatic carbocycles. The highest BCUT2D eigenvalue weighted by Gasteiger charge is 2.20. The molecule has 0 radical (unpaired) electrons. The summed E-state index contributed by atoms with van der Waals surface area (Å²) in [6.07, 6.45) is 10.5.